The van der Waals surface area contributed by atoms with Crippen molar-refractivity contribution >= 4 is 9.84 Å². The Kier molecular flexibility index (Phi) is 5.39. The van der Waals surface area contributed by atoms with Crippen LogP contribution < -0.4 is 5.32 Å². The molecule has 0 fully saturated rings. The van der Waals surface area contributed by atoms with Gasteiger partial charge in [-0.15, -0.1) is 0 Å². The minimum absolute atomic E-state index is 0.0580. The molecule has 0 heterocycles. The largest absolute Gasteiger partial charge is 0.313 e. The van der Waals surface area contributed by atoms with Crippen molar-refractivity contribution in [1.29, 1.82) is 0 Å². The van der Waals surface area contributed by atoms with Crippen molar-refractivity contribution in [2.24, 2.45) is 5.41 Å². The average Bonchev–Trinajstić information content (AvgIpc) is 2.30. The van der Waals surface area contributed by atoms with Gasteiger partial charge in [0.05, 0.1) is 10.6 Å². The van der Waals surface area contributed by atoms with Crippen LogP contribution in [0.3, 0.4) is 0 Å². The van der Waals surface area contributed by atoms with Crippen LogP contribution in [0.1, 0.15) is 38.8 Å². The van der Waals surface area contributed by atoms with E-state index < -0.39 is 9.84 Å². The van der Waals surface area contributed by atoms with Crippen molar-refractivity contribution in [3.05, 3.63) is 29.3 Å². The average molecular weight is 297 g/mol. The lowest BCUT2D eigenvalue weighted by Gasteiger charge is -2.31. The number of nitrogens with one attached hydrogen (secondary N) is 1. The SMILES string of the molecule is CCNC(CS(=O)(=O)c1cc(C)ccc1C)C(C)(C)C. The molecule has 0 saturated carbocycles. The smallest absolute Gasteiger partial charge is 0.180 e. The van der Waals surface area contributed by atoms with Gasteiger partial charge in [0.15, 0.2) is 9.84 Å². The van der Waals surface area contributed by atoms with Gasteiger partial charge in [0.2, 0.25) is 0 Å². The summed E-state index contributed by atoms with van der Waals surface area (Å²) in [6, 6.07) is 5.54. The van der Waals surface area contributed by atoms with Gasteiger partial charge >= 0.3 is 0 Å². The van der Waals surface area contributed by atoms with Crippen LogP contribution in [-0.4, -0.2) is 26.8 Å². The zero-order valence-corrected chi connectivity index (χ0v) is 14.3. The second kappa shape index (κ2) is 6.27. The monoisotopic (exact) mass is 297 g/mol. The van der Waals surface area contributed by atoms with Crippen molar-refractivity contribution in [3.63, 3.8) is 0 Å². The van der Waals surface area contributed by atoms with E-state index in [0.29, 0.717) is 4.90 Å². The number of hydrogen-bond donors (Lipinski definition) is 1. The zero-order chi connectivity index (χ0) is 15.6. The quantitative estimate of drug-likeness (QED) is 0.908. The summed E-state index contributed by atoms with van der Waals surface area (Å²) in [6.07, 6.45) is 0. The Bertz CT molecular complexity index is 556. The molecule has 3 nitrogen and oxygen atoms in total. The van der Waals surface area contributed by atoms with E-state index in [0.717, 1.165) is 17.7 Å². The highest BCUT2D eigenvalue weighted by atomic mass is 32.2. The summed E-state index contributed by atoms with van der Waals surface area (Å²) in [6.45, 7) is 12.8. The van der Waals surface area contributed by atoms with Crippen LogP contribution in [-0.2, 0) is 9.84 Å². The Morgan fingerprint density at radius 3 is 2.30 bits per heavy atom. The lowest BCUT2D eigenvalue weighted by atomic mass is 9.88. The molecule has 1 N–H and O–H groups in total. The third-order valence-corrected chi connectivity index (χ3v) is 5.44. The summed E-state index contributed by atoms with van der Waals surface area (Å²) in [5, 5.41) is 3.30. The van der Waals surface area contributed by atoms with Crippen LogP contribution in [0, 0.1) is 19.3 Å². The molecule has 1 rings (SSSR count). The van der Waals surface area contributed by atoms with Crippen molar-refractivity contribution in [1.82, 2.24) is 5.32 Å². The zero-order valence-electron chi connectivity index (χ0n) is 13.4. The van der Waals surface area contributed by atoms with E-state index in [4.69, 9.17) is 0 Å². The molecule has 0 radical (unpaired) electrons. The first-order chi connectivity index (χ1) is 9.08. The fourth-order valence-electron chi connectivity index (χ4n) is 2.21. The van der Waals surface area contributed by atoms with E-state index >= 15 is 0 Å². The molecular formula is C16H27NO2S. The minimum Gasteiger partial charge on any atom is -0.313 e. The summed E-state index contributed by atoms with van der Waals surface area (Å²) in [5.41, 5.74) is 1.70. The molecule has 0 saturated heterocycles. The molecular weight excluding hydrogens is 270 g/mol. The van der Waals surface area contributed by atoms with Gasteiger partial charge < -0.3 is 5.32 Å². The van der Waals surface area contributed by atoms with E-state index in [2.05, 4.69) is 26.1 Å². The van der Waals surface area contributed by atoms with Gasteiger partial charge in [0.25, 0.3) is 0 Å². The summed E-state index contributed by atoms with van der Waals surface area (Å²) in [4.78, 5) is 0.463. The maximum Gasteiger partial charge on any atom is 0.180 e. The number of rotatable bonds is 5. The fraction of sp³-hybridized carbons (Fsp3) is 0.625. The van der Waals surface area contributed by atoms with Gasteiger partial charge in [-0.2, -0.15) is 0 Å². The first-order valence-electron chi connectivity index (χ1n) is 7.11. The second-order valence-corrected chi connectivity index (χ2v) is 8.53. The predicted octanol–water partition coefficient (Wildman–Crippen LogP) is 3.10. The molecule has 114 valence electrons. The Morgan fingerprint density at radius 2 is 1.80 bits per heavy atom. The summed E-state index contributed by atoms with van der Waals surface area (Å²) in [5.74, 6) is 0.134. The van der Waals surface area contributed by atoms with Crippen LogP contribution in [0.25, 0.3) is 0 Å². The fourth-order valence-corrected chi connectivity index (χ4v) is 4.37. The molecule has 0 aliphatic carbocycles. The Balaban J connectivity index is 3.13. The predicted molar refractivity (Wildman–Crippen MR) is 84.9 cm³/mol. The van der Waals surface area contributed by atoms with Crippen molar-refractivity contribution in [2.45, 2.75) is 52.5 Å². The van der Waals surface area contributed by atoms with E-state index in [1.54, 1.807) is 6.07 Å². The van der Waals surface area contributed by atoms with Crippen LogP contribution in [0.5, 0.6) is 0 Å². The molecule has 0 spiro atoms. The Morgan fingerprint density at radius 1 is 1.20 bits per heavy atom. The molecule has 0 amide bonds. The number of hydrogen-bond acceptors (Lipinski definition) is 3. The van der Waals surface area contributed by atoms with E-state index in [-0.39, 0.29) is 17.2 Å². The van der Waals surface area contributed by atoms with E-state index in [1.807, 2.05) is 32.9 Å². The standard InChI is InChI=1S/C16H27NO2S/c1-7-17-15(16(4,5)6)11-20(18,19)14-10-12(2)8-9-13(14)3/h8-10,15,17H,7,11H2,1-6H3. The normalized spacial score (nSPS) is 14.3. The molecule has 0 bridgehead atoms. The Labute approximate surface area is 123 Å². The lowest BCUT2D eigenvalue weighted by Crippen LogP contribution is -2.45. The van der Waals surface area contributed by atoms with Gasteiger partial charge in [0, 0.05) is 6.04 Å². The maximum absolute atomic E-state index is 12.7. The highest BCUT2D eigenvalue weighted by Crippen LogP contribution is 2.25. The summed E-state index contributed by atoms with van der Waals surface area (Å²) in [7, 11) is -3.28. The van der Waals surface area contributed by atoms with Crippen LogP contribution >= 0.6 is 0 Å². The van der Waals surface area contributed by atoms with Gasteiger partial charge in [-0.25, -0.2) is 8.42 Å². The summed E-state index contributed by atoms with van der Waals surface area (Å²) >= 11 is 0. The maximum atomic E-state index is 12.7. The Hall–Kier alpha value is -0.870. The second-order valence-electron chi connectivity index (χ2n) is 6.53. The van der Waals surface area contributed by atoms with Crippen LogP contribution in [0.4, 0.5) is 0 Å². The van der Waals surface area contributed by atoms with E-state index in [1.165, 1.54) is 0 Å². The molecule has 1 aromatic rings. The molecule has 4 heteroatoms. The first-order valence-corrected chi connectivity index (χ1v) is 8.76. The third-order valence-electron chi connectivity index (χ3n) is 3.56. The molecule has 0 aromatic heterocycles. The molecule has 1 unspecified atom stereocenters. The highest BCUT2D eigenvalue weighted by Gasteiger charge is 2.30. The van der Waals surface area contributed by atoms with Gasteiger partial charge in [-0.05, 0) is 43.0 Å². The third kappa shape index (κ3) is 4.32. The molecule has 1 aromatic carbocycles. The van der Waals surface area contributed by atoms with Crippen molar-refractivity contribution < 1.29 is 8.42 Å². The number of aryl methyl sites for hydroxylation is 2. The lowest BCUT2D eigenvalue weighted by molar-refractivity contribution is 0.292. The summed E-state index contributed by atoms with van der Waals surface area (Å²) < 4.78 is 25.4. The minimum atomic E-state index is -3.28. The van der Waals surface area contributed by atoms with Crippen LogP contribution in [0.15, 0.2) is 23.1 Å². The van der Waals surface area contributed by atoms with Crippen LogP contribution in [0.2, 0.25) is 0 Å². The van der Waals surface area contributed by atoms with Gasteiger partial charge in [-0.1, -0.05) is 39.8 Å². The van der Waals surface area contributed by atoms with Crippen molar-refractivity contribution in [2.75, 3.05) is 12.3 Å². The molecule has 0 aliphatic heterocycles. The molecule has 1 atom stereocenters. The first kappa shape index (κ1) is 17.2. The molecule has 0 aliphatic rings. The number of sulfone groups is 1. The van der Waals surface area contributed by atoms with E-state index in [9.17, 15) is 8.42 Å². The topological polar surface area (TPSA) is 46.2 Å². The number of benzene rings is 1. The van der Waals surface area contributed by atoms with Gasteiger partial charge in [-0.3, -0.25) is 0 Å². The molecule has 20 heavy (non-hydrogen) atoms. The van der Waals surface area contributed by atoms with Gasteiger partial charge in [0.1, 0.15) is 0 Å². The van der Waals surface area contributed by atoms with Crippen molar-refractivity contribution in [3.8, 4) is 0 Å². The highest BCUT2D eigenvalue weighted by molar-refractivity contribution is 7.91.